The molecule has 0 spiro atoms. The Hall–Kier alpha value is -0.990. The first-order valence-corrected chi connectivity index (χ1v) is 7.08. The van der Waals surface area contributed by atoms with E-state index in [1.165, 1.54) is 12.8 Å². The lowest BCUT2D eigenvalue weighted by molar-refractivity contribution is 0.397. The summed E-state index contributed by atoms with van der Waals surface area (Å²) >= 11 is 6.16. The summed E-state index contributed by atoms with van der Waals surface area (Å²) in [6, 6.07) is 8.39. The van der Waals surface area contributed by atoms with Gasteiger partial charge in [-0.3, -0.25) is 0 Å². The summed E-state index contributed by atoms with van der Waals surface area (Å²) in [4.78, 5) is 0. The van der Waals surface area contributed by atoms with Crippen molar-refractivity contribution in [1.82, 2.24) is 5.32 Å². The molecule has 18 heavy (non-hydrogen) atoms. The Bertz CT molecular complexity index is 544. The molecule has 1 aliphatic carbocycles. The molecular formula is C15H18ClNO. The van der Waals surface area contributed by atoms with Gasteiger partial charge in [0.25, 0.3) is 0 Å². The summed E-state index contributed by atoms with van der Waals surface area (Å²) in [6.45, 7) is 3.22. The molecular weight excluding hydrogens is 246 g/mol. The zero-order valence-corrected chi connectivity index (χ0v) is 11.3. The minimum absolute atomic E-state index is 0.355. The summed E-state index contributed by atoms with van der Waals surface area (Å²) in [6.07, 6.45) is 3.74. The van der Waals surface area contributed by atoms with E-state index in [0.29, 0.717) is 11.1 Å². The Labute approximate surface area is 112 Å². The molecule has 1 unspecified atom stereocenters. The van der Waals surface area contributed by atoms with Crippen LogP contribution in [0.1, 0.15) is 38.0 Å². The highest BCUT2D eigenvalue weighted by Crippen LogP contribution is 2.42. The molecule has 0 saturated heterocycles. The van der Waals surface area contributed by atoms with Gasteiger partial charge >= 0.3 is 0 Å². The Morgan fingerprint density at radius 1 is 1.44 bits per heavy atom. The number of nitrogens with one attached hydrogen (secondary N) is 1. The van der Waals surface area contributed by atoms with Gasteiger partial charge in [0.2, 0.25) is 0 Å². The number of fused-ring (bicyclic) bond motifs is 1. The molecule has 1 N–H and O–H groups in total. The Balaban J connectivity index is 1.93. The van der Waals surface area contributed by atoms with Crippen molar-refractivity contribution in [3.8, 4) is 0 Å². The van der Waals surface area contributed by atoms with Crippen LogP contribution in [0.25, 0.3) is 11.0 Å². The van der Waals surface area contributed by atoms with Crippen molar-refractivity contribution >= 4 is 22.6 Å². The van der Waals surface area contributed by atoms with Gasteiger partial charge < -0.3 is 9.73 Å². The SMILES string of the molecule is CCCNC(c1cc2cccc(Cl)c2o1)C1CC1. The maximum Gasteiger partial charge on any atom is 0.152 e. The first-order valence-electron chi connectivity index (χ1n) is 6.71. The van der Waals surface area contributed by atoms with Gasteiger partial charge in [-0.15, -0.1) is 0 Å². The lowest BCUT2D eigenvalue weighted by Gasteiger charge is -2.14. The van der Waals surface area contributed by atoms with Gasteiger partial charge in [0.1, 0.15) is 5.76 Å². The lowest BCUT2D eigenvalue weighted by atomic mass is 10.1. The second kappa shape index (κ2) is 4.94. The van der Waals surface area contributed by atoms with Crippen molar-refractivity contribution in [2.45, 2.75) is 32.2 Å². The monoisotopic (exact) mass is 263 g/mol. The molecule has 1 aromatic heterocycles. The van der Waals surface area contributed by atoms with Crippen molar-refractivity contribution in [3.05, 3.63) is 35.0 Å². The van der Waals surface area contributed by atoms with Gasteiger partial charge in [0.15, 0.2) is 5.58 Å². The van der Waals surface area contributed by atoms with E-state index in [4.69, 9.17) is 16.0 Å². The topological polar surface area (TPSA) is 25.2 Å². The van der Waals surface area contributed by atoms with Crippen molar-refractivity contribution in [3.63, 3.8) is 0 Å². The average molecular weight is 264 g/mol. The van der Waals surface area contributed by atoms with E-state index in [1.54, 1.807) is 0 Å². The highest BCUT2D eigenvalue weighted by atomic mass is 35.5. The Kier molecular flexibility index (Phi) is 3.31. The Morgan fingerprint density at radius 3 is 2.94 bits per heavy atom. The quantitative estimate of drug-likeness (QED) is 0.857. The van der Waals surface area contributed by atoms with Crippen LogP contribution in [-0.4, -0.2) is 6.54 Å². The minimum Gasteiger partial charge on any atom is -0.458 e. The molecule has 2 aromatic rings. The zero-order valence-electron chi connectivity index (χ0n) is 10.6. The predicted octanol–water partition coefficient (Wildman–Crippen LogP) is 4.54. The van der Waals surface area contributed by atoms with E-state index in [1.807, 2.05) is 12.1 Å². The number of rotatable bonds is 5. The standard InChI is InChI=1S/C15H18ClNO/c1-2-8-17-14(10-6-7-10)13-9-11-4-3-5-12(16)15(11)18-13/h3-5,9-10,14,17H,2,6-8H2,1H3. The molecule has 0 bridgehead atoms. The molecule has 1 atom stereocenters. The van der Waals surface area contributed by atoms with Crippen LogP contribution in [0.5, 0.6) is 0 Å². The molecule has 1 aliphatic rings. The second-order valence-corrected chi connectivity index (χ2v) is 5.48. The fourth-order valence-corrected chi connectivity index (χ4v) is 2.65. The van der Waals surface area contributed by atoms with E-state index in [0.717, 1.165) is 35.6 Å². The molecule has 1 fully saturated rings. The average Bonchev–Trinajstić information content (AvgIpc) is 3.09. The van der Waals surface area contributed by atoms with E-state index in [9.17, 15) is 0 Å². The summed E-state index contributed by atoms with van der Waals surface area (Å²) in [5, 5.41) is 5.39. The van der Waals surface area contributed by atoms with Crippen molar-refractivity contribution in [2.24, 2.45) is 5.92 Å². The normalized spacial score (nSPS) is 17.2. The van der Waals surface area contributed by atoms with E-state index in [-0.39, 0.29) is 0 Å². The van der Waals surface area contributed by atoms with Crippen molar-refractivity contribution < 1.29 is 4.42 Å². The molecule has 2 nitrogen and oxygen atoms in total. The number of hydrogen-bond donors (Lipinski definition) is 1. The number of halogens is 1. The third-order valence-corrected chi connectivity index (χ3v) is 3.83. The first-order chi connectivity index (χ1) is 8.79. The van der Waals surface area contributed by atoms with Gasteiger partial charge in [-0.1, -0.05) is 30.7 Å². The van der Waals surface area contributed by atoms with E-state index >= 15 is 0 Å². The number of para-hydroxylation sites is 1. The van der Waals surface area contributed by atoms with Gasteiger partial charge in [-0.05, 0) is 43.9 Å². The molecule has 3 heteroatoms. The number of hydrogen-bond acceptors (Lipinski definition) is 2. The summed E-state index contributed by atoms with van der Waals surface area (Å²) in [5.74, 6) is 1.77. The third kappa shape index (κ3) is 2.27. The van der Waals surface area contributed by atoms with E-state index in [2.05, 4.69) is 24.4 Å². The van der Waals surface area contributed by atoms with Crippen molar-refractivity contribution in [1.29, 1.82) is 0 Å². The lowest BCUT2D eigenvalue weighted by Crippen LogP contribution is -2.23. The Morgan fingerprint density at radius 2 is 2.28 bits per heavy atom. The molecule has 1 heterocycles. The van der Waals surface area contributed by atoms with Crippen LogP contribution in [0.3, 0.4) is 0 Å². The number of furan rings is 1. The van der Waals surface area contributed by atoms with Crippen LogP contribution in [0.2, 0.25) is 5.02 Å². The third-order valence-electron chi connectivity index (χ3n) is 3.53. The highest BCUT2D eigenvalue weighted by Gasteiger charge is 2.34. The smallest absolute Gasteiger partial charge is 0.152 e. The maximum absolute atomic E-state index is 6.16. The second-order valence-electron chi connectivity index (χ2n) is 5.08. The summed E-state index contributed by atoms with van der Waals surface area (Å²) in [7, 11) is 0. The van der Waals surface area contributed by atoms with Crippen LogP contribution >= 0.6 is 11.6 Å². The largest absolute Gasteiger partial charge is 0.458 e. The van der Waals surface area contributed by atoms with Crippen LogP contribution in [-0.2, 0) is 0 Å². The fraction of sp³-hybridized carbons (Fsp3) is 0.467. The zero-order chi connectivity index (χ0) is 12.5. The summed E-state index contributed by atoms with van der Waals surface area (Å²) in [5.41, 5.74) is 0.818. The molecule has 96 valence electrons. The predicted molar refractivity (Wildman–Crippen MR) is 75.0 cm³/mol. The molecule has 3 rings (SSSR count). The van der Waals surface area contributed by atoms with E-state index < -0.39 is 0 Å². The molecule has 1 saturated carbocycles. The molecule has 0 amide bonds. The number of benzene rings is 1. The van der Waals surface area contributed by atoms with Crippen LogP contribution in [0.15, 0.2) is 28.7 Å². The highest BCUT2D eigenvalue weighted by molar-refractivity contribution is 6.34. The molecule has 1 aromatic carbocycles. The van der Waals surface area contributed by atoms with Crippen LogP contribution in [0.4, 0.5) is 0 Å². The van der Waals surface area contributed by atoms with Gasteiger partial charge in [0, 0.05) is 5.39 Å². The van der Waals surface area contributed by atoms with Gasteiger partial charge in [0.05, 0.1) is 11.1 Å². The van der Waals surface area contributed by atoms with Gasteiger partial charge in [-0.2, -0.15) is 0 Å². The minimum atomic E-state index is 0.355. The first kappa shape index (κ1) is 12.1. The summed E-state index contributed by atoms with van der Waals surface area (Å²) < 4.78 is 5.96. The van der Waals surface area contributed by atoms with Crippen molar-refractivity contribution in [2.75, 3.05) is 6.54 Å². The molecule has 0 radical (unpaired) electrons. The van der Waals surface area contributed by atoms with Gasteiger partial charge in [-0.25, -0.2) is 0 Å². The molecule has 0 aliphatic heterocycles. The van der Waals surface area contributed by atoms with Crippen LogP contribution < -0.4 is 5.32 Å². The van der Waals surface area contributed by atoms with Crippen LogP contribution in [0, 0.1) is 5.92 Å². The maximum atomic E-state index is 6.16. The fourth-order valence-electron chi connectivity index (χ4n) is 2.43.